The van der Waals surface area contributed by atoms with Gasteiger partial charge >= 0.3 is 5.97 Å². The maximum absolute atomic E-state index is 11.0. The third-order valence-electron chi connectivity index (χ3n) is 2.68. The molecule has 0 unspecified atom stereocenters. The number of nitrogens with zero attached hydrogens (tertiary/aromatic N) is 1. The van der Waals surface area contributed by atoms with Crippen molar-refractivity contribution in [3.63, 3.8) is 0 Å². The molecule has 1 N–H and O–H groups in total. The molecule has 0 aliphatic carbocycles. The SMILES string of the molecule is O=C(O)[C@@H]1CCCN1c1cccc(Br)c1. The molecule has 4 heteroatoms. The molecule has 0 aromatic heterocycles. The molecular weight excluding hydrogens is 258 g/mol. The van der Waals surface area contributed by atoms with E-state index in [1.54, 1.807) is 0 Å². The summed E-state index contributed by atoms with van der Waals surface area (Å²) in [6.45, 7) is 0.827. The normalized spacial score (nSPS) is 20.6. The van der Waals surface area contributed by atoms with Gasteiger partial charge in [0.25, 0.3) is 0 Å². The number of rotatable bonds is 2. The molecule has 0 spiro atoms. The van der Waals surface area contributed by atoms with Crippen molar-refractivity contribution in [3.05, 3.63) is 28.7 Å². The van der Waals surface area contributed by atoms with Crippen molar-refractivity contribution in [1.82, 2.24) is 0 Å². The number of carboxylic acids is 1. The lowest BCUT2D eigenvalue weighted by atomic mass is 10.2. The molecule has 1 heterocycles. The minimum atomic E-state index is -0.729. The maximum atomic E-state index is 11.0. The average molecular weight is 270 g/mol. The van der Waals surface area contributed by atoms with E-state index < -0.39 is 5.97 Å². The van der Waals surface area contributed by atoms with Gasteiger partial charge in [-0.25, -0.2) is 4.79 Å². The van der Waals surface area contributed by atoms with E-state index >= 15 is 0 Å². The van der Waals surface area contributed by atoms with E-state index in [1.807, 2.05) is 29.2 Å². The molecule has 1 fully saturated rings. The molecule has 3 nitrogen and oxygen atoms in total. The van der Waals surface area contributed by atoms with Crippen molar-refractivity contribution in [3.8, 4) is 0 Å². The van der Waals surface area contributed by atoms with Crippen molar-refractivity contribution in [2.45, 2.75) is 18.9 Å². The minimum absolute atomic E-state index is 0.362. The number of halogens is 1. The van der Waals surface area contributed by atoms with Gasteiger partial charge in [0.1, 0.15) is 6.04 Å². The highest BCUT2D eigenvalue weighted by Gasteiger charge is 2.30. The van der Waals surface area contributed by atoms with E-state index in [0.29, 0.717) is 0 Å². The summed E-state index contributed by atoms with van der Waals surface area (Å²) in [6, 6.07) is 7.42. The van der Waals surface area contributed by atoms with Gasteiger partial charge in [0.05, 0.1) is 0 Å². The predicted octanol–water partition coefficient (Wildman–Crippen LogP) is 2.50. The Morgan fingerprint density at radius 1 is 1.53 bits per heavy atom. The van der Waals surface area contributed by atoms with Crippen LogP contribution in [0, 0.1) is 0 Å². The molecule has 15 heavy (non-hydrogen) atoms. The molecule has 80 valence electrons. The first-order valence-electron chi connectivity index (χ1n) is 4.93. The molecule has 0 amide bonds. The van der Waals surface area contributed by atoms with Crippen molar-refractivity contribution >= 4 is 27.6 Å². The number of carboxylic acid groups (broad SMARTS) is 1. The highest BCUT2D eigenvalue weighted by Crippen LogP contribution is 2.27. The van der Waals surface area contributed by atoms with Crippen LogP contribution in [0.5, 0.6) is 0 Å². The summed E-state index contributed by atoms with van der Waals surface area (Å²) in [5, 5.41) is 9.06. The van der Waals surface area contributed by atoms with Crippen LogP contribution in [0.25, 0.3) is 0 Å². The molecule has 1 aliphatic heterocycles. The lowest BCUT2D eigenvalue weighted by Gasteiger charge is -2.23. The van der Waals surface area contributed by atoms with Gasteiger partial charge < -0.3 is 10.0 Å². The van der Waals surface area contributed by atoms with E-state index in [0.717, 1.165) is 29.5 Å². The van der Waals surface area contributed by atoms with Crippen molar-refractivity contribution in [1.29, 1.82) is 0 Å². The Morgan fingerprint density at radius 3 is 3.00 bits per heavy atom. The zero-order valence-electron chi connectivity index (χ0n) is 8.19. The van der Waals surface area contributed by atoms with E-state index in [1.165, 1.54) is 0 Å². The summed E-state index contributed by atoms with van der Waals surface area (Å²) in [4.78, 5) is 13.0. The number of hydrogen-bond donors (Lipinski definition) is 1. The van der Waals surface area contributed by atoms with Crippen LogP contribution >= 0.6 is 15.9 Å². The van der Waals surface area contributed by atoms with Gasteiger partial charge in [-0.05, 0) is 31.0 Å². The lowest BCUT2D eigenvalue weighted by Crippen LogP contribution is -2.35. The van der Waals surface area contributed by atoms with Gasteiger partial charge in [0, 0.05) is 16.7 Å². The van der Waals surface area contributed by atoms with Gasteiger partial charge in [-0.1, -0.05) is 22.0 Å². The first kappa shape index (κ1) is 10.5. The Balaban J connectivity index is 2.26. The van der Waals surface area contributed by atoms with Gasteiger partial charge in [-0.2, -0.15) is 0 Å². The molecule has 1 aromatic rings. The Hall–Kier alpha value is -1.03. The Labute approximate surface area is 96.8 Å². The van der Waals surface area contributed by atoms with Crippen LogP contribution in [-0.2, 0) is 4.79 Å². The smallest absolute Gasteiger partial charge is 0.326 e. The highest BCUT2D eigenvalue weighted by molar-refractivity contribution is 9.10. The quantitative estimate of drug-likeness (QED) is 0.897. The number of hydrogen-bond acceptors (Lipinski definition) is 2. The first-order chi connectivity index (χ1) is 7.18. The van der Waals surface area contributed by atoms with Gasteiger partial charge in [-0.3, -0.25) is 0 Å². The van der Waals surface area contributed by atoms with Crippen molar-refractivity contribution in [2.75, 3.05) is 11.4 Å². The van der Waals surface area contributed by atoms with Crippen molar-refractivity contribution in [2.24, 2.45) is 0 Å². The third-order valence-corrected chi connectivity index (χ3v) is 3.17. The molecule has 0 saturated carbocycles. The lowest BCUT2D eigenvalue weighted by molar-refractivity contribution is -0.138. The highest BCUT2D eigenvalue weighted by atomic mass is 79.9. The molecule has 0 radical (unpaired) electrons. The molecule has 1 atom stereocenters. The fourth-order valence-corrected chi connectivity index (χ4v) is 2.37. The Morgan fingerprint density at radius 2 is 2.33 bits per heavy atom. The predicted molar refractivity (Wildman–Crippen MR) is 62.1 cm³/mol. The maximum Gasteiger partial charge on any atom is 0.326 e. The molecule has 1 saturated heterocycles. The van der Waals surface area contributed by atoms with Crippen LogP contribution in [0.4, 0.5) is 5.69 Å². The first-order valence-corrected chi connectivity index (χ1v) is 5.73. The van der Waals surface area contributed by atoms with E-state index in [-0.39, 0.29) is 6.04 Å². The molecule has 0 bridgehead atoms. The van der Waals surface area contributed by atoms with E-state index in [2.05, 4.69) is 15.9 Å². The summed E-state index contributed by atoms with van der Waals surface area (Å²) in [5.41, 5.74) is 0.981. The third kappa shape index (κ3) is 2.15. The fourth-order valence-electron chi connectivity index (χ4n) is 1.99. The zero-order valence-corrected chi connectivity index (χ0v) is 9.77. The summed E-state index contributed by atoms with van der Waals surface area (Å²) < 4.78 is 0.982. The molecule has 1 aromatic carbocycles. The molecule has 1 aliphatic rings. The van der Waals surface area contributed by atoms with Crippen LogP contribution in [0.1, 0.15) is 12.8 Å². The largest absolute Gasteiger partial charge is 0.480 e. The van der Waals surface area contributed by atoms with E-state index in [4.69, 9.17) is 5.11 Å². The summed E-state index contributed by atoms with van der Waals surface area (Å²) in [5.74, 6) is -0.729. The minimum Gasteiger partial charge on any atom is -0.480 e. The van der Waals surface area contributed by atoms with Gasteiger partial charge in [0.15, 0.2) is 0 Å². The van der Waals surface area contributed by atoms with E-state index in [9.17, 15) is 4.79 Å². The number of benzene rings is 1. The van der Waals surface area contributed by atoms with Gasteiger partial charge in [0.2, 0.25) is 0 Å². The van der Waals surface area contributed by atoms with Crippen LogP contribution in [0.2, 0.25) is 0 Å². The summed E-state index contributed by atoms with van der Waals surface area (Å²) in [7, 11) is 0. The van der Waals surface area contributed by atoms with Gasteiger partial charge in [-0.15, -0.1) is 0 Å². The number of anilines is 1. The topological polar surface area (TPSA) is 40.5 Å². The second kappa shape index (κ2) is 4.23. The second-order valence-electron chi connectivity index (χ2n) is 3.67. The average Bonchev–Trinajstić information content (AvgIpc) is 2.65. The summed E-state index contributed by atoms with van der Waals surface area (Å²) in [6.07, 6.45) is 1.69. The zero-order chi connectivity index (χ0) is 10.8. The van der Waals surface area contributed by atoms with Crippen LogP contribution in [0.3, 0.4) is 0 Å². The van der Waals surface area contributed by atoms with Crippen LogP contribution in [-0.4, -0.2) is 23.7 Å². The van der Waals surface area contributed by atoms with Crippen molar-refractivity contribution < 1.29 is 9.90 Å². The van der Waals surface area contributed by atoms with Crippen LogP contribution in [0.15, 0.2) is 28.7 Å². The number of aliphatic carboxylic acids is 1. The number of carbonyl (C=O) groups is 1. The standard InChI is InChI=1S/C11H12BrNO2/c12-8-3-1-4-9(7-8)13-6-2-5-10(13)11(14)15/h1,3-4,7,10H,2,5-6H2,(H,14,15)/t10-/m0/s1. The molecule has 2 rings (SSSR count). The fraction of sp³-hybridized carbons (Fsp3) is 0.364. The second-order valence-corrected chi connectivity index (χ2v) is 4.59. The molecular formula is C11H12BrNO2. The van der Waals surface area contributed by atoms with Crippen LogP contribution < -0.4 is 4.90 Å². The Bertz CT molecular complexity index is 381. The Kier molecular flexibility index (Phi) is 2.95. The summed E-state index contributed by atoms with van der Waals surface area (Å²) >= 11 is 3.39. The monoisotopic (exact) mass is 269 g/mol.